The number of hydrogen-bond acceptors (Lipinski definition) is 8. The van der Waals surface area contributed by atoms with E-state index in [-0.39, 0.29) is 54.6 Å². The first-order valence-electron chi connectivity index (χ1n) is 14.5. The maximum absolute atomic E-state index is 13.5. The molecule has 0 saturated carbocycles. The highest BCUT2D eigenvalue weighted by Gasteiger charge is 2.32. The van der Waals surface area contributed by atoms with E-state index in [9.17, 15) is 23.1 Å². The van der Waals surface area contributed by atoms with Crippen LogP contribution in [-0.2, 0) is 21.2 Å². The number of ether oxygens (including phenoxy) is 3. The van der Waals surface area contributed by atoms with Crippen LogP contribution < -0.4 is 24.2 Å². The van der Waals surface area contributed by atoms with E-state index >= 15 is 0 Å². The Bertz CT molecular complexity index is 1580. The van der Waals surface area contributed by atoms with E-state index in [4.69, 9.17) is 14.2 Å². The van der Waals surface area contributed by atoms with Crippen molar-refractivity contribution in [2.45, 2.75) is 37.3 Å². The molecular formula is C32H40N4O8S. The first kappa shape index (κ1) is 33.4. The number of nitrogens with one attached hydrogen (secondary N) is 2. The number of methoxy groups -OCH3 is 2. The van der Waals surface area contributed by atoms with Gasteiger partial charge in [-0.05, 0) is 73.7 Å². The Hall–Kier alpha value is -4.49. The summed E-state index contributed by atoms with van der Waals surface area (Å²) in [5.74, 6) is 1.11. The minimum atomic E-state index is -3.94. The van der Waals surface area contributed by atoms with Gasteiger partial charge in [-0.25, -0.2) is 13.2 Å². The van der Waals surface area contributed by atoms with Gasteiger partial charge in [-0.2, -0.15) is 0 Å². The number of fused-ring (bicyclic) bond motifs is 1. The lowest BCUT2D eigenvalue weighted by Crippen LogP contribution is -2.48. The van der Waals surface area contributed by atoms with E-state index in [1.54, 1.807) is 80.6 Å². The predicted octanol–water partition coefficient (Wildman–Crippen LogP) is 3.82. The molecule has 0 fully saturated rings. The summed E-state index contributed by atoms with van der Waals surface area (Å²) >= 11 is 0. The van der Waals surface area contributed by atoms with Crippen LogP contribution in [0.4, 0.5) is 16.2 Å². The molecule has 0 unspecified atom stereocenters. The lowest BCUT2D eigenvalue weighted by molar-refractivity contribution is -0.134. The summed E-state index contributed by atoms with van der Waals surface area (Å²) in [5.41, 5.74) is 1.32. The molecule has 3 N–H and O–H groups in total. The molecule has 3 amide bonds. The Balaban J connectivity index is 1.59. The molecule has 0 aromatic heterocycles. The molecule has 12 nitrogen and oxygen atoms in total. The monoisotopic (exact) mass is 640 g/mol. The van der Waals surface area contributed by atoms with Crippen LogP contribution in [0.3, 0.4) is 0 Å². The zero-order chi connectivity index (χ0) is 32.7. The van der Waals surface area contributed by atoms with E-state index in [0.717, 1.165) is 0 Å². The third-order valence-corrected chi connectivity index (χ3v) is 9.08. The molecule has 0 spiro atoms. The molecular weight excluding hydrogens is 600 g/mol. The van der Waals surface area contributed by atoms with Crippen LogP contribution in [0.1, 0.15) is 19.4 Å². The highest BCUT2D eigenvalue weighted by atomic mass is 32.2. The smallest absolute Gasteiger partial charge is 0.321 e. The second-order valence-electron chi connectivity index (χ2n) is 11.0. The lowest BCUT2D eigenvalue weighted by Gasteiger charge is -2.34. The van der Waals surface area contributed by atoms with Crippen LogP contribution in [0.25, 0.3) is 0 Å². The SMILES string of the molecule is COc1ccc(NC(=O)N(C)C[C@@H]2Oc3ccc(NS(=O)(=O)c4ccc(OC)cc4)cc3CC(=O)N([C@H](C)CO)C[C@@H]2C)cc1. The van der Waals surface area contributed by atoms with E-state index in [2.05, 4.69) is 10.0 Å². The topological polar surface area (TPSA) is 147 Å². The average molecular weight is 641 g/mol. The number of amides is 3. The van der Waals surface area contributed by atoms with Crippen molar-refractivity contribution in [1.82, 2.24) is 9.80 Å². The summed E-state index contributed by atoms with van der Waals surface area (Å²) < 4.78 is 45.5. The number of rotatable bonds is 10. The molecule has 3 aromatic carbocycles. The molecule has 3 atom stereocenters. The Morgan fingerprint density at radius 3 is 2.24 bits per heavy atom. The Morgan fingerprint density at radius 1 is 1.04 bits per heavy atom. The van der Waals surface area contributed by atoms with Gasteiger partial charge in [0.15, 0.2) is 0 Å². The van der Waals surface area contributed by atoms with Gasteiger partial charge in [0.2, 0.25) is 5.91 Å². The summed E-state index contributed by atoms with van der Waals surface area (Å²) in [4.78, 5) is 29.7. The van der Waals surface area contributed by atoms with Gasteiger partial charge in [-0.1, -0.05) is 6.92 Å². The van der Waals surface area contributed by atoms with Gasteiger partial charge in [-0.15, -0.1) is 0 Å². The maximum atomic E-state index is 13.5. The largest absolute Gasteiger partial charge is 0.497 e. The van der Waals surface area contributed by atoms with Gasteiger partial charge in [0, 0.05) is 36.4 Å². The molecule has 0 aliphatic carbocycles. The fourth-order valence-electron chi connectivity index (χ4n) is 4.93. The molecule has 1 aliphatic rings. The van der Waals surface area contributed by atoms with Crippen LogP contribution in [-0.4, -0.2) is 88.4 Å². The van der Waals surface area contributed by atoms with Gasteiger partial charge < -0.3 is 34.4 Å². The molecule has 3 aromatic rings. The van der Waals surface area contributed by atoms with Crippen LogP contribution in [0, 0.1) is 5.92 Å². The third kappa shape index (κ3) is 8.37. The van der Waals surface area contributed by atoms with Crippen molar-refractivity contribution in [2.24, 2.45) is 5.92 Å². The number of carbonyl (C=O) groups is 2. The summed E-state index contributed by atoms with van der Waals surface area (Å²) in [6, 6.07) is 16.9. The molecule has 0 saturated heterocycles. The Kier molecular flexibility index (Phi) is 10.8. The zero-order valence-electron chi connectivity index (χ0n) is 26.0. The van der Waals surface area contributed by atoms with Crippen LogP contribution in [0.15, 0.2) is 71.6 Å². The number of urea groups is 1. The molecule has 13 heteroatoms. The van der Waals surface area contributed by atoms with E-state index in [1.165, 1.54) is 24.1 Å². The minimum absolute atomic E-state index is 0.0481. The number of sulfonamides is 1. The molecule has 4 rings (SSSR count). The first-order chi connectivity index (χ1) is 21.4. The van der Waals surface area contributed by atoms with Crippen LogP contribution in [0.2, 0.25) is 0 Å². The number of aliphatic hydroxyl groups excluding tert-OH is 1. The van der Waals surface area contributed by atoms with Crippen molar-refractivity contribution in [2.75, 3.05) is 51.0 Å². The number of aliphatic hydroxyl groups is 1. The van der Waals surface area contributed by atoms with Crippen LogP contribution in [0.5, 0.6) is 17.2 Å². The third-order valence-electron chi connectivity index (χ3n) is 7.68. The van der Waals surface area contributed by atoms with Crippen molar-refractivity contribution >= 4 is 33.3 Å². The fourth-order valence-corrected chi connectivity index (χ4v) is 5.98. The van der Waals surface area contributed by atoms with E-state index in [0.29, 0.717) is 28.5 Å². The predicted molar refractivity (Wildman–Crippen MR) is 170 cm³/mol. The summed E-state index contributed by atoms with van der Waals surface area (Å²) in [5, 5.41) is 12.8. The molecule has 0 bridgehead atoms. The first-order valence-corrected chi connectivity index (χ1v) is 15.9. The van der Waals surface area contributed by atoms with Gasteiger partial charge in [0.05, 0.1) is 44.7 Å². The molecule has 242 valence electrons. The van der Waals surface area contributed by atoms with E-state index < -0.39 is 22.2 Å². The average Bonchev–Trinajstić information content (AvgIpc) is 3.08. The molecule has 1 aliphatic heterocycles. The molecule has 0 radical (unpaired) electrons. The molecule has 1 heterocycles. The number of anilines is 2. The number of benzene rings is 3. The second kappa shape index (κ2) is 14.5. The lowest BCUT2D eigenvalue weighted by atomic mass is 10.0. The highest BCUT2D eigenvalue weighted by molar-refractivity contribution is 7.92. The fraction of sp³-hybridized carbons (Fsp3) is 0.375. The van der Waals surface area contributed by atoms with Crippen molar-refractivity contribution in [1.29, 1.82) is 0 Å². The summed E-state index contributed by atoms with van der Waals surface area (Å²) in [6.07, 6.45) is -0.623. The maximum Gasteiger partial charge on any atom is 0.321 e. The van der Waals surface area contributed by atoms with Crippen LogP contribution >= 0.6 is 0 Å². The van der Waals surface area contributed by atoms with Crippen molar-refractivity contribution in [3.8, 4) is 17.2 Å². The highest BCUT2D eigenvalue weighted by Crippen LogP contribution is 2.30. The van der Waals surface area contributed by atoms with Crippen molar-refractivity contribution < 1.29 is 37.3 Å². The van der Waals surface area contributed by atoms with Gasteiger partial charge in [-0.3, -0.25) is 9.52 Å². The van der Waals surface area contributed by atoms with Gasteiger partial charge in [0.1, 0.15) is 23.4 Å². The number of likely N-dealkylation sites (N-methyl/N-ethyl adjacent to an activating group) is 1. The number of nitrogens with zero attached hydrogens (tertiary/aromatic N) is 2. The van der Waals surface area contributed by atoms with Crippen molar-refractivity contribution in [3.05, 3.63) is 72.3 Å². The minimum Gasteiger partial charge on any atom is -0.497 e. The molecule has 45 heavy (non-hydrogen) atoms. The van der Waals surface area contributed by atoms with E-state index in [1.807, 2.05) is 6.92 Å². The standard InChI is InChI=1S/C32H40N4O8S/c1-21-18-36(22(2)20-37)31(38)17-23-16-25(34-45(40,41)28-13-11-27(43-5)12-14-28)8-15-29(23)44-30(21)19-35(3)32(39)33-24-6-9-26(42-4)10-7-24/h6-16,21-22,30,34,37H,17-20H2,1-5H3,(H,33,39)/t21-,22+,30-/m0/s1. The Labute approximate surface area is 263 Å². The number of carbonyl (C=O) groups excluding carboxylic acids is 2. The summed E-state index contributed by atoms with van der Waals surface area (Å²) in [6.45, 7) is 3.91. The van der Waals surface area contributed by atoms with Gasteiger partial charge >= 0.3 is 6.03 Å². The second-order valence-corrected chi connectivity index (χ2v) is 12.7. The quantitative estimate of drug-likeness (QED) is 0.303. The van der Waals surface area contributed by atoms with Gasteiger partial charge in [0.25, 0.3) is 10.0 Å². The zero-order valence-corrected chi connectivity index (χ0v) is 26.8. The normalized spacial score (nSPS) is 17.5. The number of hydrogen-bond donors (Lipinski definition) is 3. The van der Waals surface area contributed by atoms with Crippen molar-refractivity contribution in [3.63, 3.8) is 0 Å². The summed E-state index contributed by atoms with van der Waals surface area (Å²) in [7, 11) is 0.773. The Morgan fingerprint density at radius 2 is 1.64 bits per heavy atom.